The zero-order valence-electron chi connectivity index (χ0n) is 17.4. The van der Waals surface area contributed by atoms with Crippen molar-refractivity contribution >= 4 is 30.7 Å². The van der Waals surface area contributed by atoms with Crippen LogP contribution in [0.2, 0.25) is 30.7 Å². The van der Waals surface area contributed by atoms with Gasteiger partial charge in [0.15, 0.2) is 6.10 Å². The summed E-state index contributed by atoms with van der Waals surface area (Å²) in [6, 6.07) is 5.39. The molecule has 1 N–H and O–H groups in total. The predicted octanol–water partition coefficient (Wildman–Crippen LogP) is 3.22. The Bertz CT molecular complexity index is 884. The summed E-state index contributed by atoms with van der Waals surface area (Å²) >= 11 is 6.30. The second kappa shape index (κ2) is 8.17. The van der Waals surface area contributed by atoms with Gasteiger partial charge in [-0.25, -0.2) is 0 Å². The summed E-state index contributed by atoms with van der Waals surface area (Å²) in [5.41, 5.74) is 2.64. The van der Waals surface area contributed by atoms with Crippen molar-refractivity contribution in [3.63, 3.8) is 0 Å². The Morgan fingerprint density at radius 1 is 1.24 bits per heavy atom. The maximum Gasteiger partial charge on any atom is 0.299 e. The molecule has 2 aromatic rings. The third kappa shape index (κ3) is 4.47. The van der Waals surface area contributed by atoms with E-state index in [1.54, 1.807) is 0 Å². The molecule has 7 nitrogen and oxygen atoms in total. The lowest BCUT2D eigenvalue weighted by Gasteiger charge is -2.19. The Hall–Kier alpha value is -1.16. The summed E-state index contributed by atoms with van der Waals surface area (Å²) in [6.45, 7) is 10.6. The number of aliphatic hydroxyl groups is 1. The van der Waals surface area contributed by atoms with Gasteiger partial charge in [-0.1, -0.05) is 31.2 Å². The number of hydrogen-bond donors (Lipinski definition) is 1. The van der Waals surface area contributed by atoms with E-state index in [0.29, 0.717) is 31.0 Å². The van der Waals surface area contributed by atoms with Crippen LogP contribution in [0.1, 0.15) is 5.56 Å². The second-order valence-corrected chi connectivity index (χ2v) is 15.1. The first-order chi connectivity index (χ1) is 13.7. The number of imidazole rings is 1. The van der Waals surface area contributed by atoms with Gasteiger partial charge >= 0.3 is 0 Å². The van der Waals surface area contributed by atoms with Crippen LogP contribution in [-0.4, -0.2) is 67.0 Å². The SMILES string of the molecule is Cc1cc2c(cc1Cl)nc(OC1COC3C(O)COC13)n2COCC[Si](C)(C)C. The van der Waals surface area contributed by atoms with E-state index >= 15 is 0 Å². The molecule has 1 aromatic carbocycles. The number of aromatic nitrogens is 2. The topological polar surface area (TPSA) is 75.0 Å². The van der Waals surface area contributed by atoms with Gasteiger partial charge in [-0.2, -0.15) is 4.98 Å². The molecule has 2 aliphatic rings. The van der Waals surface area contributed by atoms with Crippen LogP contribution in [0.4, 0.5) is 0 Å². The lowest BCUT2D eigenvalue weighted by atomic mass is 10.1. The molecule has 3 heterocycles. The Labute approximate surface area is 176 Å². The van der Waals surface area contributed by atoms with Crippen molar-refractivity contribution in [2.75, 3.05) is 19.8 Å². The number of fused-ring (bicyclic) bond motifs is 2. The van der Waals surface area contributed by atoms with Crippen LogP contribution in [0.5, 0.6) is 6.01 Å². The Kier molecular flexibility index (Phi) is 5.94. The largest absolute Gasteiger partial charge is 0.456 e. The molecule has 9 heteroatoms. The van der Waals surface area contributed by atoms with Gasteiger partial charge in [0.1, 0.15) is 25.0 Å². The van der Waals surface area contributed by atoms with E-state index in [-0.39, 0.29) is 24.9 Å². The summed E-state index contributed by atoms with van der Waals surface area (Å²) < 4.78 is 25.5. The molecular weight excluding hydrogens is 412 g/mol. The smallest absolute Gasteiger partial charge is 0.299 e. The number of halogens is 1. The number of aliphatic hydroxyl groups excluding tert-OH is 1. The van der Waals surface area contributed by atoms with Gasteiger partial charge in [-0.15, -0.1) is 0 Å². The van der Waals surface area contributed by atoms with Crippen LogP contribution in [0.15, 0.2) is 12.1 Å². The lowest BCUT2D eigenvalue weighted by Crippen LogP contribution is -2.35. The van der Waals surface area contributed by atoms with E-state index in [1.165, 1.54) is 0 Å². The van der Waals surface area contributed by atoms with E-state index in [1.807, 2.05) is 23.6 Å². The first-order valence-electron chi connectivity index (χ1n) is 10.0. The lowest BCUT2D eigenvalue weighted by molar-refractivity contribution is 0.00340. The predicted molar refractivity (Wildman–Crippen MR) is 113 cm³/mol. The van der Waals surface area contributed by atoms with E-state index < -0.39 is 14.2 Å². The minimum absolute atomic E-state index is 0.264. The van der Waals surface area contributed by atoms with Crippen molar-refractivity contribution in [3.05, 3.63) is 22.7 Å². The fourth-order valence-corrected chi connectivity index (χ4v) is 4.57. The fraction of sp³-hybridized carbons (Fsp3) is 0.650. The van der Waals surface area contributed by atoms with Gasteiger partial charge in [0.2, 0.25) is 0 Å². The standard InChI is InChI=1S/C20H29ClN2O5Si/c1-12-7-15-14(8-13(12)21)22-20(23(15)11-25-5-6-29(2,3)4)28-17-10-27-18-16(24)9-26-19(17)18/h7-8,16-19,24H,5-6,9-11H2,1-4H3. The molecule has 2 fully saturated rings. The van der Waals surface area contributed by atoms with Gasteiger partial charge in [0.25, 0.3) is 6.01 Å². The normalized spacial score (nSPS) is 27.0. The summed E-state index contributed by atoms with van der Waals surface area (Å²) in [6.07, 6.45) is -1.58. The first kappa shape index (κ1) is 21.1. The molecule has 4 atom stereocenters. The minimum Gasteiger partial charge on any atom is -0.456 e. The molecule has 4 rings (SSSR count). The molecule has 29 heavy (non-hydrogen) atoms. The average Bonchev–Trinajstić information content (AvgIpc) is 3.29. The number of aryl methyl sites for hydroxylation is 1. The molecule has 0 aliphatic carbocycles. The third-order valence-electron chi connectivity index (χ3n) is 5.45. The highest BCUT2D eigenvalue weighted by atomic mass is 35.5. The van der Waals surface area contributed by atoms with Gasteiger partial charge in [0, 0.05) is 19.7 Å². The van der Waals surface area contributed by atoms with Crippen LogP contribution < -0.4 is 4.74 Å². The van der Waals surface area contributed by atoms with Crippen LogP contribution in [0, 0.1) is 6.92 Å². The number of rotatable bonds is 7. The quantitative estimate of drug-likeness (QED) is 0.526. The van der Waals surface area contributed by atoms with Gasteiger partial charge in [0.05, 0.1) is 24.2 Å². The number of benzene rings is 1. The van der Waals surface area contributed by atoms with E-state index in [2.05, 4.69) is 24.6 Å². The minimum atomic E-state index is -1.17. The van der Waals surface area contributed by atoms with Crippen LogP contribution in [-0.2, 0) is 20.9 Å². The van der Waals surface area contributed by atoms with E-state index in [4.69, 9.17) is 30.5 Å². The molecule has 2 saturated heterocycles. The maximum atomic E-state index is 9.96. The first-order valence-corrected chi connectivity index (χ1v) is 14.1. The zero-order valence-corrected chi connectivity index (χ0v) is 19.1. The highest BCUT2D eigenvalue weighted by Gasteiger charge is 2.48. The molecule has 0 saturated carbocycles. The Morgan fingerprint density at radius 2 is 2.00 bits per heavy atom. The molecule has 0 spiro atoms. The van der Waals surface area contributed by atoms with Crippen molar-refractivity contribution in [1.29, 1.82) is 0 Å². The molecule has 2 aliphatic heterocycles. The third-order valence-corrected chi connectivity index (χ3v) is 7.56. The molecule has 0 radical (unpaired) electrons. The number of hydrogen-bond acceptors (Lipinski definition) is 6. The van der Waals surface area contributed by atoms with Crippen LogP contribution in [0.25, 0.3) is 11.0 Å². The second-order valence-electron chi connectivity index (χ2n) is 9.08. The Morgan fingerprint density at radius 3 is 2.76 bits per heavy atom. The van der Waals surface area contributed by atoms with Gasteiger partial charge in [-0.3, -0.25) is 4.57 Å². The summed E-state index contributed by atoms with van der Waals surface area (Å²) in [5, 5.41) is 10.6. The molecule has 4 unspecified atom stereocenters. The summed E-state index contributed by atoms with van der Waals surface area (Å²) in [5.74, 6) is 0. The molecule has 160 valence electrons. The number of ether oxygens (including phenoxy) is 4. The van der Waals surface area contributed by atoms with Gasteiger partial charge in [-0.05, 0) is 30.7 Å². The average molecular weight is 441 g/mol. The highest BCUT2D eigenvalue weighted by molar-refractivity contribution is 6.76. The Balaban J connectivity index is 1.57. The van der Waals surface area contributed by atoms with Gasteiger partial charge < -0.3 is 24.1 Å². The van der Waals surface area contributed by atoms with Crippen molar-refractivity contribution < 1.29 is 24.1 Å². The van der Waals surface area contributed by atoms with Crippen molar-refractivity contribution in [1.82, 2.24) is 9.55 Å². The van der Waals surface area contributed by atoms with Crippen molar-refractivity contribution in [3.8, 4) is 6.01 Å². The molecule has 0 amide bonds. The molecular formula is C20H29ClN2O5Si. The van der Waals surface area contributed by atoms with Crippen LogP contribution >= 0.6 is 11.6 Å². The molecule has 0 bridgehead atoms. The fourth-order valence-electron chi connectivity index (χ4n) is 3.66. The van der Waals surface area contributed by atoms with Crippen molar-refractivity contribution in [2.45, 2.75) is 63.8 Å². The zero-order chi connectivity index (χ0) is 20.8. The van der Waals surface area contributed by atoms with Crippen molar-refractivity contribution in [2.24, 2.45) is 0 Å². The maximum absolute atomic E-state index is 9.96. The number of nitrogens with zero attached hydrogens (tertiary/aromatic N) is 2. The van der Waals surface area contributed by atoms with E-state index in [9.17, 15) is 5.11 Å². The molecule has 1 aromatic heterocycles. The van der Waals surface area contributed by atoms with Crippen LogP contribution in [0.3, 0.4) is 0 Å². The highest BCUT2D eigenvalue weighted by Crippen LogP contribution is 2.32. The van der Waals surface area contributed by atoms with E-state index in [0.717, 1.165) is 22.6 Å². The monoisotopic (exact) mass is 440 g/mol. The summed E-state index contributed by atoms with van der Waals surface area (Å²) in [7, 11) is -1.17. The summed E-state index contributed by atoms with van der Waals surface area (Å²) in [4.78, 5) is 4.65.